The maximum Gasteiger partial charge on any atom is 0.191 e. The van der Waals surface area contributed by atoms with Crippen molar-refractivity contribution < 1.29 is 13.3 Å². The van der Waals surface area contributed by atoms with Crippen molar-refractivity contribution in [2.75, 3.05) is 13.1 Å². The fourth-order valence-corrected chi connectivity index (χ4v) is 2.69. The van der Waals surface area contributed by atoms with Crippen molar-refractivity contribution in [1.29, 1.82) is 0 Å². The van der Waals surface area contributed by atoms with Crippen molar-refractivity contribution in [3.05, 3.63) is 52.4 Å². The van der Waals surface area contributed by atoms with Crippen molar-refractivity contribution in [3.8, 4) is 0 Å². The zero-order chi connectivity index (χ0) is 18.9. The Morgan fingerprint density at radius 2 is 1.78 bits per heavy atom. The fourth-order valence-electron chi connectivity index (χ4n) is 2.69. The first kappa shape index (κ1) is 23.3. The Balaban J connectivity index is 0.00000364. The molecule has 150 valence electrons. The average molecular weight is 492 g/mol. The molecule has 0 saturated carbocycles. The zero-order valence-corrected chi connectivity index (χ0v) is 18.3. The minimum atomic E-state index is -0.529. The first-order valence-corrected chi connectivity index (χ1v) is 9.01. The number of aliphatic imine (C=N–C) groups is 1. The van der Waals surface area contributed by atoms with Crippen LogP contribution >= 0.6 is 24.0 Å². The van der Waals surface area contributed by atoms with E-state index in [9.17, 15) is 8.78 Å². The molecule has 0 bridgehead atoms. The van der Waals surface area contributed by atoms with E-state index in [0.717, 1.165) is 29.9 Å². The van der Waals surface area contributed by atoms with E-state index in [-0.39, 0.29) is 36.0 Å². The number of halogens is 3. The normalized spacial score (nSPS) is 11.2. The summed E-state index contributed by atoms with van der Waals surface area (Å²) in [5.74, 6) is 0.376. The van der Waals surface area contributed by atoms with Crippen molar-refractivity contribution in [3.63, 3.8) is 0 Å². The molecule has 0 amide bonds. The molecule has 1 aromatic heterocycles. The number of hydrogen-bond acceptors (Lipinski definition) is 3. The van der Waals surface area contributed by atoms with Crippen LogP contribution in [0, 0.1) is 11.6 Å². The number of aromatic nitrogens is 1. The topological polar surface area (TPSA) is 62.5 Å². The van der Waals surface area contributed by atoms with Crippen molar-refractivity contribution in [2.24, 2.45) is 4.99 Å². The lowest BCUT2D eigenvalue weighted by molar-refractivity contribution is 0.380. The summed E-state index contributed by atoms with van der Waals surface area (Å²) < 4.78 is 32.7. The van der Waals surface area contributed by atoms with E-state index in [1.165, 1.54) is 18.2 Å². The van der Waals surface area contributed by atoms with Gasteiger partial charge in [0, 0.05) is 30.6 Å². The zero-order valence-electron chi connectivity index (χ0n) is 15.9. The Morgan fingerprint density at radius 1 is 1.07 bits per heavy atom. The van der Waals surface area contributed by atoms with Crippen LogP contribution in [0.2, 0.25) is 0 Å². The maximum absolute atomic E-state index is 13.7. The lowest BCUT2D eigenvalue weighted by Gasteiger charge is -2.12. The van der Waals surface area contributed by atoms with Gasteiger partial charge in [0.2, 0.25) is 0 Å². The minimum Gasteiger partial charge on any atom is -0.361 e. The van der Waals surface area contributed by atoms with Gasteiger partial charge in [-0.15, -0.1) is 24.0 Å². The van der Waals surface area contributed by atoms with E-state index >= 15 is 0 Å². The maximum atomic E-state index is 13.7. The van der Waals surface area contributed by atoms with Crippen LogP contribution in [0.5, 0.6) is 0 Å². The van der Waals surface area contributed by atoms with Crippen LogP contribution in [-0.4, -0.2) is 24.2 Å². The largest absolute Gasteiger partial charge is 0.361 e. The van der Waals surface area contributed by atoms with E-state index in [0.29, 0.717) is 25.6 Å². The van der Waals surface area contributed by atoms with Gasteiger partial charge in [0.15, 0.2) is 5.96 Å². The third-order valence-electron chi connectivity index (χ3n) is 4.08. The van der Waals surface area contributed by atoms with Crippen LogP contribution in [0.15, 0.2) is 27.7 Å². The molecule has 1 aromatic carbocycles. The fraction of sp³-hybridized carbons (Fsp3) is 0.474. The molecule has 2 aromatic rings. The van der Waals surface area contributed by atoms with Crippen LogP contribution in [0.1, 0.15) is 43.4 Å². The van der Waals surface area contributed by atoms with Gasteiger partial charge >= 0.3 is 0 Å². The van der Waals surface area contributed by atoms with Crippen LogP contribution in [0.25, 0.3) is 0 Å². The van der Waals surface area contributed by atoms with Gasteiger partial charge in [0.05, 0.1) is 12.2 Å². The van der Waals surface area contributed by atoms with Gasteiger partial charge in [-0.1, -0.05) is 25.1 Å². The molecule has 0 unspecified atom stereocenters. The molecule has 8 heteroatoms. The van der Waals surface area contributed by atoms with Gasteiger partial charge in [-0.05, 0) is 31.9 Å². The molecule has 0 aliphatic heterocycles. The molecule has 2 N–H and O–H groups in total. The highest BCUT2D eigenvalue weighted by molar-refractivity contribution is 14.0. The Hall–Kier alpha value is -1.71. The summed E-state index contributed by atoms with van der Waals surface area (Å²) in [5.41, 5.74) is 2.00. The molecule has 2 rings (SSSR count). The number of nitrogens with one attached hydrogen (secondary N) is 2. The van der Waals surface area contributed by atoms with Gasteiger partial charge in [0.25, 0.3) is 0 Å². The molecule has 0 aliphatic carbocycles. The number of guanidine groups is 1. The molecule has 1 heterocycles. The minimum absolute atomic E-state index is 0. The quantitative estimate of drug-likeness (QED) is 0.333. The molecule has 5 nitrogen and oxygen atoms in total. The summed E-state index contributed by atoms with van der Waals surface area (Å²) in [4.78, 5) is 4.56. The predicted molar refractivity (Wildman–Crippen MR) is 114 cm³/mol. The number of aryl methyl sites for hydroxylation is 2. The molecule has 0 radical (unpaired) electrons. The Labute approximate surface area is 176 Å². The summed E-state index contributed by atoms with van der Waals surface area (Å²) in [6.45, 7) is 7.50. The average Bonchev–Trinajstić information content (AvgIpc) is 3.04. The number of hydrogen-bond donors (Lipinski definition) is 2. The van der Waals surface area contributed by atoms with Crippen LogP contribution in [0.4, 0.5) is 8.78 Å². The smallest absolute Gasteiger partial charge is 0.191 e. The highest BCUT2D eigenvalue weighted by Crippen LogP contribution is 2.17. The lowest BCUT2D eigenvalue weighted by atomic mass is 10.1. The van der Waals surface area contributed by atoms with E-state index in [4.69, 9.17) is 4.52 Å². The second kappa shape index (κ2) is 11.9. The third kappa shape index (κ3) is 6.44. The standard InChI is InChI=1S/C19H26F2N4O.HI/c1-4-17-14(18(5-2)26-25-17)12-24-19(22-6-3)23-11-10-13-15(20)8-7-9-16(13)21;/h7-9H,4-6,10-12H2,1-3H3,(H2,22,23,24);1H. The van der Waals surface area contributed by atoms with Crippen LogP contribution < -0.4 is 10.6 Å². The number of nitrogens with zero attached hydrogens (tertiary/aromatic N) is 2. The molecule has 0 aliphatic rings. The summed E-state index contributed by atoms with van der Waals surface area (Å²) in [7, 11) is 0. The first-order chi connectivity index (χ1) is 12.6. The summed E-state index contributed by atoms with van der Waals surface area (Å²) in [6.07, 6.45) is 1.77. The summed E-state index contributed by atoms with van der Waals surface area (Å²) in [6, 6.07) is 3.90. The van der Waals surface area contributed by atoms with Gasteiger partial charge < -0.3 is 15.2 Å². The first-order valence-electron chi connectivity index (χ1n) is 9.01. The van der Waals surface area contributed by atoms with Gasteiger partial charge in [-0.25, -0.2) is 13.8 Å². The van der Waals surface area contributed by atoms with Crippen LogP contribution in [0.3, 0.4) is 0 Å². The Bertz CT molecular complexity index is 708. The summed E-state index contributed by atoms with van der Waals surface area (Å²) in [5, 5.41) is 10.3. The highest BCUT2D eigenvalue weighted by atomic mass is 127. The van der Waals surface area contributed by atoms with Crippen molar-refractivity contribution in [2.45, 2.75) is 46.6 Å². The molecule has 0 fully saturated rings. The molecular formula is C19H27F2IN4O. The SMILES string of the molecule is CCNC(=NCc1c(CC)noc1CC)NCCc1c(F)cccc1F.I. The van der Waals surface area contributed by atoms with Crippen molar-refractivity contribution in [1.82, 2.24) is 15.8 Å². The predicted octanol–water partition coefficient (Wildman–Crippen LogP) is 3.99. The summed E-state index contributed by atoms with van der Waals surface area (Å²) >= 11 is 0. The van der Waals surface area contributed by atoms with Gasteiger partial charge in [-0.3, -0.25) is 0 Å². The lowest BCUT2D eigenvalue weighted by Crippen LogP contribution is -2.38. The molecule has 27 heavy (non-hydrogen) atoms. The highest BCUT2D eigenvalue weighted by Gasteiger charge is 2.13. The third-order valence-corrected chi connectivity index (χ3v) is 4.08. The van der Waals surface area contributed by atoms with E-state index in [1.807, 2.05) is 20.8 Å². The number of benzene rings is 1. The second-order valence-corrected chi connectivity index (χ2v) is 5.81. The van der Waals surface area contributed by atoms with Gasteiger partial charge in [-0.2, -0.15) is 0 Å². The number of rotatable bonds is 8. The van der Waals surface area contributed by atoms with Gasteiger partial charge in [0.1, 0.15) is 17.4 Å². The molecule has 0 spiro atoms. The van der Waals surface area contributed by atoms with E-state index in [2.05, 4.69) is 20.8 Å². The van der Waals surface area contributed by atoms with Crippen molar-refractivity contribution >= 4 is 29.9 Å². The Kier molecular flexibility index (Phi) is 10.3. The molecule has 0 atom stereocenters. The molecule has 0 saturated heterocycles. The molecular weight excluding hydrogens is 465 g/mol. The Morgan fingerprint density at radius 3 is 2.37 bits per heavy atom. The second-order valence-electron chi connectivity index (χ2n) is 5.81. The monoisotopic (exact) mass is 492 g/mol. The van der Waals surface area contributed by atoms with E-state index in [1.54, 1.807) is 0 Å². The van der Waals surface area contributed by atoms with E-state index < -0.39 is 11.6 Å². The van der Waals surface area contributed by atoms with Crippen LogP contribution in [-0.2, 0) is 25.8 Å².